The van der Waals surface area contributed by atoms with E-state index in [9.17, 15) is 14.5 Å². The molecule has 2 aromatic carbocycles. The van der Waals surface area contributed by atoms with Crippen molar-refractivity contribution in [1.29, 1.82) is 0 Å². The number of rotatable bonds is 3. The summed E-state index contributed by atoms with van der Waals surface area (Å²) < 4.78 is 18.8. The molecule has 0 aliphatic heterocycles. The Labute approximate surface area is 118 Å². The molecule has 0 radical (unpaired) electrons. The lowest BCUT2D eigenvalue weighted by molar-refractivity contribution is -0.385. The molecule has 0 bridgehead atoms. The monoisotopic (exact) mass is 284 g/mol. The molecular weight excluding hydrogens is 275 g/mol. The summed E-state index contributed by atoms with van der Waals surface area (Å²) >= 11 is 0. The van der Waals surface area contributed by atoms with E-state index < -0.39 is 10.7 Å². The maximum Gasteiger partial charge on any atom is 0.276 e. The third kappa shape index (κ3) is 2.79. The Morgan fingerprint density at radius 1 is 1.10 bits per heavy atom. The predicted molar refractivity (Wildman–Crippen MR) is 74.9 cm³/mol. The van der Waals surface area contributed by atoms with E-state index in [-0.39, 0.29) is 11.4 Å². The first-order valence-corrected chi connectivity index (χ1v) is 6.09. The normalized spacial score (nSPS) is 10.5. The van der Waals surface area contributed by atoms with Crippen molar-refractivity contribution < 1.29 is 14.1 Å². The SMILES string of the molecule is O=[N+]([O-])c1cc(F)cc(Oc2cnc3ccccc3c2)c1. The highest BCUT2D eigenvalue weighted by molar-refractivity contribution is 5.79. The second-order valence-electron chi connectivity index (χ2n) is 4.37. The number of fused-ring (bicyclic) bond motifs is 1. The van der Waals surface area contributed by atoms with Gasteiger partial charge in [0.15, 0.2) is 0 Å². The summed E-state index contributed by atoms with van der Waals surface area (Å²) in [6.45, 7) is 0. The maximum absolute atomic E-state index is 13.3. The van der Waals surface area contributed by atoms with E-state index in [4.69, 9.17) is 4.74 Å². The van der Waals surface area contributed by atoms with Gasteiger partial charge < -0.3 is 4.74 Å². The lowest BCUT2D eigenvalue weighted by Gasteiger charge is -2.06. The van der Waals surface area contributed by atoms with Crippen molar-refractivity contribution in [3.63, 3.8) is 0 Å². The number of para-hydroxylation sites is 1. The van der Waals surface area contributed by atoms with Gasteiger partial charge in [0, 0.05) is 11.5 Å². The van der Waals surface area contributed by atoms with Gasteiger partial charge in [-0.15, -0.1) is 0 Å². The number of hydrogen-bond donors (Lipinski definition) is 0. The van der Waals surface area contributed by atoms with Crippen molar-refractivity contribution in [1.82, 2.24) is 4.98 Å². The molecule has 3 aromatic rings. The van der Waals surface area contributed by atoms with Gasteiger partial charge in [-0.25, -0.2) is 4.39 Å². The van der Waals surface area contributed by atoms with Crippen molar-refractivity contribution in [2.75, 3.05) is 0 Å². The zero-order chi connectivity index (χ0) is 14.8. The summed E-state index contributed by atoms with van der Waals surface area (Å²) in [5, 5.41) is 11.6. The Bertz CT molecular complexity index is 836. The average Bonchev–Trinajstić information content (AvgIpc) is 2.46. The number of nitro benzene ring substituents is 1. The number of hydrogen-bond acceptors (Lipinski definition) is 4. The summed E-state index contributed by atoms with van der Waals surface area (Å²) in [6.07, 6.45) is 1.49. The van der Waals surface area contributed by atoms with E-state index in [1.807, 2.05) is 24.3 Å². The van der Waals surface area contributed by atoms with Crippen molar-refractivity contribution in [3.8, 4) is 11.5 Å². The molecule has 1 heterocycles. The second kappa shape index (κ2) is 5.16. The van der Waals surface area contributed by atoms with Crippen molar-refractivity contribution >= 4 is 16.6 Å². The van der Waals surface area contributed by atoms with Gasteiger partial charge in [0.1, 0.15) is 17.3 Å². The minimum atomic E-state index is -0.729. The third-order valence-corrected chi connectivity index (χ3v) is 2.87. The molecule has 0 aliphatic carbocycles. The minimum Gasteiger partial charge on any atom is -0.455 e. The van der Waals surface area contributed by atoms with E-state index >= 15 is 0 Å². The molecule has 0 atom stereocenters. The van der Waals surface area contributed by atoms with Crippen molar-refractivity contribution in [3.05, 3.63) is 70.7 Å². The highest BCUT2D eigenvalue weighted by atomic mass is 19.1. The van der Waals surface area contributed by atoms with Gasteiger partial charge in [0.25, 0.3) is 5.69 Å². The van der Waals surface area contributed by atoms with Crippen LogP contribution in [0.5, 0.6) is 11.5 Å². The smallest absolute Gasteiger partial charge is 0.276 e. The Hall–Kier alpha value is -3.02. The third-order valence-electron chi connectivity index (χ3n) is 2.87. The van der Waals surface area contributed by atoms with Crippen molar-refractivity contribution in [2.24, 2.45) is 0 Å². The standard InChI is InChI=1S/C15H9FN2O3/c16-11-6-12(18(19)20)8-13(7-11)21-14-5-10-3-1-2-4-15(10)17-9-14/h1-9H. The van der Waals surface area contributed by atoms with Crippen LogP contribution in [0, 0.1) is 15.9 Å². The number of pyridine rings is 1. The van der Waals surface area contributed by atoms with Gasteiger partial charge in [-0.2, -0.15) is 0 Å². The zero-order valence-electron chi connectivity index (χ0n) is 10.7. The van der Waals surface area contributed by atoms with Gasteiger partial charge in [0.05, 0.1) is 28.8 Å². The molecule has 0 fully saturated rings. The Morgan fingerprint density at radius 2 is 1.90 bits per heavy atom. The lowest BCUT2D eigenvalue weighted by Crippen LogP contribution is -1.92. The van der Waals surface area contributed by atoms with Crippen LogP contribution < -0.4 is 4.74 Å². The Morgan fingerprint density at radius 3 is 2.71 bits per heavy atom. The maximum atomic E-state index is 13.3. The molecule has 0 saturated carbocycles. The molecule has 6 heteroatoms. The lowest BCUT2D eigenvalue weighted by atomic mass is 10.2. The minimum absolute atomic E-state index is 0.0544. The topological polar surface area (TPSA) is 65.3 Å². The van der Waals surface area contributed by atoms with Crippen LogP contribution in [-0.4, -0.2) is 9.91 Å². The van der Waals surface area contributed by atoms with E-state index in [2.05, 4.69) is 4.98 Å². The summed E-state index contributed by atoms with van der Waals surface area (Å²) in [7, 11) is 0. The van der Waals surface area contributed by atoms with Crippen LogP contribution in [0.4, 0.5) is 10.1 Å². The molecule has 3 rings (SSSR count). The van der Waals surface area contributed by atoms with Gasteiger partial charge in [-0.05, 0) is 12.1 Å². The van der Waals surface area contributed by atoms with Gasteiger partial charge in [0.2, 0.25) is 0 Å². The number of nitrogens with zero attached hydrogens (tertiary/aromatic N) is 2. The average molecular weight is 284 g/mol. The van der Waals surface area contributed by atoms with Crippen LogP contribution in [-0.2, 0) is 0 Å². The number of benzene rings is 2. The van der Waals surface area contributed by atoms with E-state index in [0.717, 1.165) is 29.1 Å². The Balaban J connectivity index is 1.96. The molecule has 0 spiro atoms. The number of nitro groups is 1. The summed E-state index contributed by atoms with van der Waals surface area (Å²) in [4.78, 5) is 14.2. The van der Waals surface area contributed by atoms with Gasteiger partial charge in [-0.3, -0.25) is 15.1 Å². The summed E-state index contributed by atoms with van der Waals surface area (Å²) in [6, 6.07) is 12.3. The van der Waals surface area contributed by atoms with Crippen LogP contribution in [0.1, 0.15) is 0 Å². The predicted octanol–water partition coefficient (Wildman–Crippen LogP) is 4.07. The molecule has 0 aliphatic rings. The highest BCUT2D eigenvalue weighted by Gasteiger charge is 2.11. The van der Waals surface area contributed by atoms with Crippen LogP contribution in [0.15, 0.2) is 54.7 Å². The molecule has 0 N–H and O–H groups in total. The first-order valence-electron chi connectivity index (χ1n) is 6.09. The molecule has 0 amide bonds. The fourth-order valence-electron chi connectivity index (χ4n) is 1.96. The first-order chi connectivity index (χ1) is 10.1. The fourth-order valence-corrected chi connectivity index (χ4v) is 1.96. The highest BCUT2D eigenvalue weighted by Crippen LogP contribution is 2.28. The number of ether oxygens (including phenoxy) is 1. The van der Waals surface area contributed by atoms with Gasteiger partial charge >= 0.3 is 0 Å². The van der Waals surface area contributed by atoms with Crippen LogP contribution in [0.25, 0.3) is 10.9 Å². The van der Waals surface area contributed by atoms with Gasteiger partial charge in [-0.1, -0.05) is 18.2 Å². The molecule has 21 heavy (non-hydrogen) atoms. The van der Waals surface area contributed by atoms with Crippen LogP contribution in [0.2, 0.25) is 0 Å². The van der Waals surface area contributed by atoms with Crippen molar-refractivity contribution in [2.45, 2.75) is 0 Å². The summed E-state index contributed by atoms with van der Waals surface area (Å²) in [5.74, 6) is -0.291. The molecular formula is C15H9FN2O3. The second-order valence-corrected chi connectivity index (χ2v) is 4.37. The number of aromatic nitrogens is 1. The molecule has 5 nitrogen and oxygen atoms in total. The molecule has 1 aromatic heterocycles. The Kier molecular flexibility index (Phi) is 3.19. The van der Waals surface area contributed by atoms with Crippen LogP contribution in [0.3, 0.4) is 0 Å². The quantitative estimate of drug-likeness (QED) is 0.537. The van der Waals surface area contributed by atoms with Crippen LogP contribution >= 0.6 is 0 Å². The first kappa shape index (κ1) is 13.0. The van der Waals surface area contributed by atoms with E-state index in [0.29, 0.717) is 5.75 Å². The number of non-ortho nitro benzene ring substituents is 1. The molecule has 104 valence electrons. The zero-order valence-corrected chi connectivity index (χ0v) is 10.7. The molecule has 0 unspecified atom stereocenters. The van der Waals surface area contributed by atoms with E-state index in [1.54, 1.807) is 6.07 Å². The fraction of sp³-hybridized carbons (Fsp3) is 0. The largest absolute Gasteiger partial charge is 0.455 e. The summed E-state index contributed by atoms with van der Waals surface area (Å²) in [5.41, 5.74) is 0.439. The number of halogens is 1. The van der Waals surface area contributed by atoms with E-state index in [1.165, 1.54) is 6.20 Å². The molecule has 0 saturated heterocycles.